The molecule has 2 heteroatoms. The summed E-state index contributed by atoms with van der Waals surface area (Å²) in [7, 11) is 2.16. The lowest BCUT2D eigenvalue weighted by molar-refractivity contribution is 0.0839. The van der Waals surface area contributed by atoms with Crippen LogP contribution in [0.2, 0.25) is 0 Å². The van der Waals surface area contributed by atoms with E-state index in [4.69, 9.17) is 0 Å². The van der Waals surface area contributed by atoms with E-state index in [1.54, 1.807) is 0 Å². The predicted molar refractivity (Wildman–Crippen MR) is 49.0 cm³/mol. The fourth-order valence-corrected chi connectivity index (χ4v) is 2.28. The molecule has 0 aromatic rings. The van der Waals surface area contributed by atoms with E-state index in [-0.39, 0.29) is 6.10 Å². The zero-order valence-corrected chi connectivity index (χ0v) is 7.87. The predicted octanol–water partition coefficient (Wildman–Crippen LogP) is 1.24. The van der Waals surface area contributed by atoms with Crippen LogP contribution in [0.1, 0.15) is 32.1 Å². The molecule has 0 aromatic carbocycles. The molecule has 2 aliphatic rings. The summed E-state index contributed by atoms with van der Waals surface area (Å²) < 4.78 is 0. The van der Waals surface area contributed by atoms with Crippen LogP contribution in [-0.4, -0.2) is 35.7 Å². The lowest BCUT2D eigenvalue weighted by Crippen LogP contribution is -2.38. The standard InChI is InChI=1S/C10H19NO/c1-11(7-8-5-6-8)9-3-2-4-10(9)12/h8-10,12H,2-7H2,1H3. The molecule has 2 saturated carbocycles. The maximum atomic E-state index is 9.65. The van der Waals surface area contributed by atoms with Crippen LogP contribution in [0.4, 0.5) is 0 Å². The van der Waals surface area contributed by atoms with Gasteiger partial charge in [-0.25, -0.2) is 0 Å². The normalized spacial score (nSPS) is 36.2. The third-order valence-corrected chi connectivity index (χ3v) is 3.25. The summed E-state index contributed by atoms with van der Waals surface area (Å²) >= 11 is 0. The van der Waals surface area contributed by atoms with Crippen LogP contribution in [-0.2, 0) is 0 Å². The summed E-state index contributed by atoms with van der Waals surface area (Å²) in [6, 6.07) is 0.464. The van der Waals surface area contributed by atoms with Gasteiger partial charge in [0.25, 0.3) is 0 Å². The third kappa shape index (κ3) is 1.80. The van der Waals surface area contributed by atoms with Gasteiger partial charge in [0, 0.05) is 12.6 Å². The smallest absolute Gasteiger partial charge is 0.0695 e. The number of aliphatic hydroxyl groups is 1. The van der Waals surface area contributed by atoms with Gasteiger partial charge in [-0.15, -0.1) is 0 Å². The molecule has 0 aliphatic heterocycles. The Morgan fingerprint density at radius 2 is 2.00 bits per heavy atom. The van der Waals surface area contributed by atoms with Crippen LogP contribution in [0.15, 0.2) is 0 Å². The van der Waals surface area contributed by atoms with Crippen molar-refractivity contribution in [2.45, 2.75) is 44.2 Å². The Hall–Kier alpha value is -0.0800. The van der Waals surface area contributed by atoms with E-state index in [1.807, 2.05) is 0 Å². The Bertz CT molecular complexity index is 156. The number of hydrogen-bond donors (Lipinski definition) is 1. The highest BCUT2D eigenvalue weighted by Crippen LogP contribution is 2.32. The first-order valence-corrected chi connectivity index (χ1v) is 5.15. The van der Waals surface area contributed by atoms with Crippen molar-refractivity contribution in [3.8, 4) is 0 Å². The summed E-state index contributed by atoms with van der Waals surface area (Å²) in [5, 5.41) is 9.65. The van der Waals surface area contributed by atoms with E-state index in [0.717, 1.165) is 12.3 Å². The average molecular weight is 169 g/mol. The minimum atomic E-state index is -0.0475. The van der Waals surface area contributed by atoms with Crippen molar-refractivity contribution in [3.05, 3.63) is 0 Å². The molecule has 0 radical (unpaired) electrons. The first kappa shape index (κ1) is 8.52. The van der Waals surface area contributed by atoms with Crippen LogP contribution in [0, 0.1) is 5.92 Å². The molecule has 1 N–H and O–H groups in total. The summed E-state index contributed by atoms with van der Waals surface area (Å²) in [5.74, 6) is 0.947. The number of likely N-dealkylation sites (N-methyl/N-ethyl adjacent to an activating group) is 1. The number of hydrogen-bond acceptors (Lipinski definition) is 2. The lowest BCUT2D eigenvalue weighted by Gasteiger charge is -2.26. The average Bonchev–Trinajstić information content (AvgIpc) is 2.72. The zero-order chi connectivity index (χ0) is 8.55. The second kappa shape index (κ2) is 3.35. The summed E-state index contributed by atoms with van der Waals surface area (Å²) in [5.41, 5.74) is 0. The van der Waals surface area contributed by atoms with Crippen molar-refractivity contribution >= 4 is 0 Å². The van der Waals surface area contributed by atoms with E-state index in [2.05, 4.69) is 11.9 Å². The van der Waals surface area contributed by atoms with E-state index in [1.165, 1.54) is 32.2 Å². The van der Waals surface area contributed by atoms with Gasteiger partial charge in [0.05, 0.1) is 6.10 Å². The number of nitrogens with zero attached hydrogens (tertiary/aromatic N) is 1. The second-order valence-electron chi connectivity index (χ2n) is 4.45. The minimum absolute atomic E-state index is 0.0475. The molecule has 2 atom stereocenters. The van der Waals surface area contributed by atoms with Gasteiger partial charge in [-0.3, -0.25) is 0 Å². The molecule has 0 aromatic heterocycles. The number of rotatable bonds is 3. The Morgan fingerprint density at radius 3 is 2.50 bits per heavy atom. The summed E-state index contributed by atoms with van der Waals surface area (Å²) in [6.07, 6.45) is 6.19. The highest BCUT2D eigenvalue weighted by molar-refractivity contribution is 4.86. The van der Waals surface area contributed by atoms with Crippen LogP contribution >= 0.6 is 0 Å². The molecular weight excluding hydrogens is 150 g/mol. The van der Waals surface area contributed by atoms with Crippen LogP contribution in [0.3, 0.4) is 0 Å². The highest BCUT2D eigenvalue weighted by Gasteiger charge is 2.31. The van der Waals surface area contributed by atoms with Gasteiger partial charge >= 0.3 is 0 Å². The van der Waals surface area contributed by atoms with Crippen molar-refractivity contribution in [1.82, 2.24) is 4.90 Å². The van der Waals surface area contributed by atoms with Gasteiger partial charge in [0.15, 0.2) is 0 Å². The second-order valence-corrected chi connectivity index (χ2v) is 4.45. The SMILES string of the molecule is CN(CC1CC1)C1CCCC1O. The van der Waals surface area contributed by atoms with E-state index < -0.39 is 0 Å². The summed E-state index contributed by atoms with van der Waals surface area (Å²) in [4.78, 5) is 2.37. The summed E-state index contributed by atoms with van der Waals surface area (Å²) in [6.45, 7) is 1.21. The zero-order valence-electron chi connectivity index (χ0n) is 7.87. The molecule has 0 heterocycles. The molecule has 2 nitrogen and oxygen atoms in total. The van der Waals surface area contributed by atoms with Crippen molar-refractivity contribution in [2.75, 3.05) is 13.6 Å². The van der Waals surface area contributed by atoms with E-state index >= 15 is 0 Å². The molecule has 0 bridgehead atoms. The Kier molecular flexibility index (Phi) is 2.37. The molecular formula is C10H19NO. The molecule has 2 fully saturated rings. The lowest BCUT2D eigenvalue weighted by atomic mass is 10.2. The molecule has 2 rings (SSSR count). The quantitative estimate of drug-likeness (QED) is 0.687. The molecule has 0 spiro atoms. The van der Waals surface area contributed by atoms with Gasteiger partial charge in [0.2, 0.25) is 0 Å². The van der Waals surface area contributed by atoms with Gasteiger partial charge in [0.1, 0.15) is 0 Å². The van der Waals surface area contributed by atoms with Gasteiger partial charge in [-0.1, -0.05) is 0 Å². The monoisotopic (exact) mass is 169 g/mol. The molecule has 12 heavy (non-hydrogen) atoms. The van der Waals surface area contributed by atoms with Crippen LogP contribution in [0.25, 0.3) is 0 Å². The first-order valence-electron chi connectivity index (χ1n) is 5.15. The largest absolute Gasteiger partial charge is 0.391 e. The third-order valence-electron chi connectivity index (χ3n) is 3.25. The molecule has 0 amide bonds. The Balaban J connectivity index is 1.80. The first-order chi connectivity index (χ1) is 5.77. The van der Waals surface area contributed by atoms with E-state index in [0.29, 0.717) is 6.04 Å². The highest BCUT2D eigenvalue weighted by atomic mass is 16.3. The fraction of sp³-hybridized carbons (Fsp3) is 1.00. The van der Waals surface area contributed by atoms with Crippen LogP contribution < -0.4 is 0 Å². The van der Waals surface area contributed by atoms with Gasteiger partial charge in [-0.05, 0) is 45.1 Å². The van der Waals surface area contributed by atoms with Crippen molar-refractivity contribution in [3.63, 3.8) is 0 Å². The maximum Gasteiger partial charge on any atom is 0.0695 e. The number of aliphatic hydroxyl groups excluding tert-OH is 1. The fourth-order valence-electron chi connectivity index (χ4n) is 2.28. The molecule has 0 saturated heterocycles. The van der Waals surface area contributed by atoms with Crippen molar-refractivity contribution in [2.24, 2.45) is 5.92 Å². The minimum Gasteiger partial charge on any atom is -0.391 e. The molecule has 2 aliphatic carbocycles. The van der Waals surface area contributed by atoms with Crippen molar-refractivity contribution in [1.29, 1.82) is 0 Å². The Labute approximate surface area is 74.6 Å². The van der Waals surface area contributed by atoms with Gasteiger partial charge in [-0.2, -0.15) is 0 Å². The van der Waals surface area contributed by atoms with Crippen LogP contribution in [0.5, 0.6) is 0 Å². The Morgan fingerprint density at radius 1 is 1.25 bits per heavy atom. The molecule has 2 unspecified atom stereocenters. The van der Waals surface area contributed by atoms with E-state index in [9.17, 15) is 5.11 Å². The maximum absolute atomic E-state index is 9.65. The molecule has 70 valence electrons. The van der Waals surface area contributed by atoms with Gasteiger partial charge < -0.3 is 10.0 Å². The topological polar surface area (TPSA) is 23.5 Å². The van der Waals surface area contributed by atoms with Crippen molar-refractivity contribution < 1.29 is 5.11 Å².